The smallest absolute Gasteiger partial charge is 0.326 e. The number of hydrogen-bond acceptors (Lipinski definition) is 5. The van der Waals surface area contributed by atoms with Crippen LogP contribution < -0.4 is 10.2 Å². The molecule has 0 bridgehead atoms. The number of carbonyl (C=O) groups excluding carboxylic acids is 2. The lowest BCUT2D eigenvalue weighted by Gasteiger charge is -2.36. The van der Waals surface area contributed by atoms with Crippen molar-refractivity contribution in [2.75, 3.05) is 11.2 Å². The maximum absolute atomic E-state index is 13.8. The van der Waals surface area contributed by atoms with E-state index in [-0.39, 0.29) is 11.5 Å². The van der Waals surface area contributed by atoms with Crippen LogP contribution in [0, 0.1) is 10.1 Å². The molecular formula is C24H17Cl2N3O4S. The minimum Gasteiger partial charge on any atom is -0.326 e. The molecule has 1 heterocycles. The Kier molecular flexibility index (Phi) is 6.92. The number of nitrogens with zero attached hydrogens (tertiary/aromatic N) is 2. The van der Waals surface area contributed by atoms with Gasteiger partial charge >= 0.3 is 6.03 Å². The van der Waals surface area contributed by atoms with Crippen LogP contribution in [0.2, 0.25) is 10.0 Å². The Hall–Kier alpha value is -3.33. The van der Waals surface area contributed by atoms with Crippen molar-refractivity contribution in [3.63, 3.8) is 0 Å². The summed E-state index contributed by atoms with van der Waals surface area (Å²) in [5.74, 6) is -0.302. The van der Waals surface area contributed by atoms with Gasteiger partial charge in [-0.15, -0.1) is 11.8 Å². The minimum atomic E-state index is -0.817. The molecule has 10 heteroatoms. The van der Waals surface area contributed by atoms with E-state index in [9.17, 15) is 19.7 Å². The number of anilines is 1. The Balaban J connectivity index is 1.90. The molecule has 4 rings (SSSR count). The molecule has 0 aliphatic carbocycles. The topological polar surface area (TPSA) is 92.5 Å². The molecule has 7 nitrogen and oxygen atoms in total. The molecule has 0 saturated carbocycles. The molecule has 3 aromatic rings. The van der Waals surface area contributed by atoms with Crippen LogP contribution in [0.25, 0.3) is 0 Å². The third-order valence-corrected chi connectivity index (χ3v) is 6.55. The van der Waals surface area contributed by atoms with Crippen LogP contribution in [-0.4, -0.2) is 23.0 Å². The zero-order chi connectivity index (χ0) is 24.4. The summed E-state index contributed by atoms with van der Waals surface area (Å²) in [5, 5.41) is 15.4. The van der Waals surface area contributed by atoms with Crippen molar-refractivity contribution in [3.05, 3.63) is 115 Å². The van der Waals surface area contributed by atoms with Gasteiger partial charge in [0.25, 0.3) is 5.69 Å². The third kappa shape index (κ3) is 4.65. The van der Waals surface area contributed by atoms with Gasteiger partial charge in [-0.25, -0.2) is 4.79 Å². The molecular weight excluding hydrogens is 497 g/mol. The van der Waals surface area contributed by atoms with Crippen LogP contribution in [0.4, 0.5) is 16.2 Å². The number of non-ortho nitro benzene ring substituents is 1. The molecule has 172 valence electrons. The van der Waals surface area contributed by atoms with Crippen LogP contribution in [-0.2, 0) is 0 Å². The molecule has 0 fully saturated rings. The zero-order valence-electron chi connectivity index (χ0n) is 17.7. The van der Waals surface area contributed by atoms with E-state index >= 15 is 0 Å². The second-order valence-electron chi connectivity index (χ2n) is 7.30. The number of ketones is 1. The van der Waals surface area contributed by atoms with Crippen molar-refractivity contribution in [1.82, 2.24) is 5.32 Å². The Morgan fingerprint density at radius 1 is 0.971 bits per heavy atom. The summed E-state index contributed by atoms with van der Waals surface area (Å²) in [5.41, 5.74) is 1.71. The average Bonchev–Trinajstić information content (AvgIpc) is 2.84. The second-order valence-corrected chi connectivity index (χ2v) is 8.97. The molecule has 1 N–H and O–H groups in total. The van der Waals surface area contributed by atoms with E-state index in [4.69, 9.17) is 23.2 Å². The van der Waals surface area contributed by atoms with E-state index in [1.165, 1.54) is 40.9 Å². The highest BCUT2D eigenvalue weighted by Crippen LogP contribution is 2.40. The van der Waals surface area contributed by atoms with Gasteiger partial charge in [-0.2, -0.15) is 0 Å². The van der Waals surface area contributed by atoms with Crippen molar-refractivity contribution in [3.8, 4) is 0 Å². The van der Waals surface area contributed by atoms with E-state index in [1.807, 2.05) is 0 Å². The fourth-order valence-electron chi connectivity index (χ4n) is 3.65. The lowest BCUT2D eigenvalue weighted by atomic mass is 9.91. The SMILES string of the molecule is CSC1=C(C(=O)c2ccc(Cl)cc2)[C@H](c2ccc([N+](=O)[O-])cc2)NC(=O)N1c1ccc(Cl)cc1. The number of nitro groups is 1. The molecule has 3 aromatic carbocycles. The molecule has 1 aliphatic heterocycles. The predicted molar refractivity (Wildman–Crippen MR) is 135 cm³/mol. The Labute approximate surface area is 209 Å². The summed E-state index contributed by atoms with van der Waals surface area (Å²) >= 11 is 13.3. The molecule has 0 unspecified atom stereocenters. The highest BCUT2D eigenvalue weighted by molar-refractivity contribution is 8.02. The molecule has 1 atom stereocenters. The van der Waals surface area contributed by atoms with Gasteiger partial charge in [0.2, 0.25) is 0 Å². The van der Waals surface area contributed by atoms with Crippen LogP contribution in [0.15, 0.2) is 83.4 Å². The largest absolute Gasteiger partial charge is 0.327 e. The number of halogens is 2. The number of rotatable bonds is 6. The quantitative estimate of drug-likeness (QED) is 0.227. The summed E-state index contributed by atoms with van der Waals surface area (Å²) in [6.45, 7) is 0. The van der Waals surface area contributed by atoms with Crippen LogP contribution in [0.5, 0.6) is 0 Å². The summed E-state index contributed by atoms with van der Waals surface area (Å²) in [6, 6.07) is 17.7. The number of nitrogens with one attached hydrogen (secondary N) is 1. The third-order valence-electron chi connectivity index (χ3n) is 5.26. The lowest BCUT2D eigenvalue weighted by molar-refractivity contribution is -0.384. The normalized spacial score (nSPS) is 15.8. The summed E-state index contributed by atoms with van der Waals surface area (Å²) < 4.78 is 0. The zero-order valence-corrected chi connectivity index (χ0v) is 20.0. The summed E-state index contributed by atoms with van der Waals surface area (Å²) in [6.07, 6.45) is 1.78. The second kappa shape index (κ2) is 9.89. The first-order chi connectivity index (χ1) is 16.3. The molecule has 2 amide bonds. The van der Waals surface area contributed by atoms with E-state index in [2.05, 4.69) is 5.32 Å². The number of carbonyl (C=O) groups is 2. The summed E-state index contributed by atoms with van der Waals surface area (Å²) in [4.78, 5) is 39.0. The Morgan fingerprint density at radius 2 is 1.53 bits per heavy atom. The van der Waals surface area contributed by atoms with Gasteiger partial charge < -0.3 is 5.32 Å². The van der Waals surface area contributed by atoms with E-state index < -0.39 is 17.0 Å². The molecule has 34 heavy (non-hydrogen) atoms. The van der Waals surface area contributed by atoms with Crippen LogP contribution >= 0.6 is 35.0 Å². The Morgan fingerprint density at radius 3 is 2.06 bits per heavy atom. The number of urea groups is 1. The first-order valence-electron chi connectivity index (χ1n) is 9.99. The van der Waals surface area contributed by atoms with Gasteiger partial charge in [0.15, 0.2) is 5.78 Å². The fourth-order valence-corrected chi connectivity index (χ4v) is 4.70. The van der Waals surface area contributed by atoms with E-state index in [0.29, 0.717) is 37.5 Å². The number of amides is 2. The summed E-state index contributed by atoms with van der Waals surface area (Å²) in [7, 11) is 0. The van der Waals surface area contributed by atoms with Crippen molar-refractivity contribution < 1.29 is 14.5 Å². The molecule has 1 aliphatic rings. The van der Waals surface area contributed by atoms with Gasteiger partial charge in [0.1, 0.15) is 0 Å². The van der Waals surface area contributed by atoms with E-state index in [0.717, 1.165) is 0 Å². The number of nitro benzene ring substituents is 1. The van der Waals surface area contributed by atoms with Crippen LogP contribution in [0.3, 0.4) is 0 Å². The number of thioether (sulfide) groups is 1. The van der Waals surface area contributed by atoms with Gasteiger partial charge in [-0.05, 0) is 72.5 Å². The molecule has 0 radical (unpaired) electrons. The maximum atomic E-state index is 13.8. The van der Waals surface area contributed by atoms with Crippen molar-refractivity contribution in [2.45, 2.75) is 6.04 Å². The highest BCUT2D eigenvalue weighted by Gasteiger charge is 2.38. The standard InChI is InChI=1S/C24H17Cl2N3O4S/c1-34-23-20(22(30)15-2-6-16(25)7-3-15)21(14-4-10-19(11-5-14)29(32)33)27-24(31)28(23)18-12-8-17(26)9-13-18/h2-13,21H,1H3,(H,27,31)/t21-/m0/s1. The highest BCUT2D eigenvalue weighted by atomic mass is 35.5. The number of hydrogen-bond donors (Lipinski definition) is 1. The van der Waals surface area contributed by atoms with Gasteiger partial charge in [-0.3, -0.25) is 19.8 Å². The Bertz CT molecular complexity index is 1290. The van der Waals surface area contributed by atoms with Gasteiger partial charge in [0.05, 0.1) is 27.3 Å². The first-order valence-corrected chi connectivity index (χ1v) is 12.0. The average molecular weight is 514 g/mol. The van der Waals surface area contributed by atoms with E-state index in [1.54, 1.807) is 54.8 Å². The number of benzene rings is 3. The molecule has 0 spiro atoms. The first kappa shape index (κ1) is 23.8. The molecule has 0 aromatic heterocycles. The fraction of sp³-hybridized carbons (Fsp3) is 0.0833. The minimum absolute atomic E-state index is 0.0895. The van der Waals surface area contributed by atoms with Crippen LogP contribution in [0.1, 0.15) is 22.0 Å². The monoisotopic (exact) mass is 513 g/mol. The van der Waals surface area contributed by atoms with Crippen molar-refractivity contribution in [1.29, 1.82) is 0 Å². The van der Waals surface area contributed by atoms with Crippen molar-refractivity contribution >= 4 is 58.2 Å². The molecule has 0 saturated heterocycles. The predicted octanol–water partition coefficient (Wildman–Crippen LogP) is 6.63. The van der Waals surface area contributed by atoms with Crippen molar-refractivity contribution in [2.24, 2.45) is 0 Å². The lowest BCUT2D eigenvalue weighted by Crippen LogP contribution is -2.48. The number of Topliss-reactive ketones (excluding diaryl/α,β-unsaturated/α-hetero) is 1. The van der Waals surface area contributed by atoms with Gasteiger partial charge in [0, 0.05) is 27.7 Å². The van der Waals surface area contributed by atoms with Gasteiger partial charge in [-0.1, -0.05) is 23.2 Å². The maximum Gasteiger partial charge on any atom is 0.327 e.